The van der Waals surface area contributed by atoms with Gasteiger partial charge in [0.05, 0.1) is 4.47 Å². The third-order valence-corrected chi connectivity index (χ3v) is 3.66. The maximum Gasteiger partial charge on any atom is 0.258 e. The number of amides is 1. The summed E-state index contributed by atoms with van der Waals surface area (Å²) >= 11 is 3.41. The lowest BCUT2D eigenvalue weighted by Gasteiger charge is -2.21. The first-order chi connectivity index (χ1) is 9.43. The van der Waals surface area contributed by atoms with Crippen LogP contribution in [0.4, 0.5) is 0 Å². The molecule has 0 fully saturated rings. The Hall–Kier alpha value is -1.07. The first-order valence-electron chi connectivity index (χ1n) is 6.73. The maximum absolute atomic E-state index is 11.9. The average Bonchev–Trinajstić information content (AvgIpc) is 2.37. The van der Waals surface area contributed by atoms with Crippen molar-refractivity contribution in [1.29, 1.82) is 0 Å². The van der Waals surface area contributed by atoms with E-state index < -0.39 is 0 Å². The van der Waals surface area contributed by atoms with Gasteiger partial charge in [0.25, 0.3) is 5.91 Å². The molecule has 0 aliphatic rings. The highest BCUT2D eigenvalue weighted by molar-refractivity contribution is 9.10. The van der Waals surface area contributed by atoms with Crippen molar-refractivity contribution in [3.05, 3.63) is 28.2 Å². The van der Waals surface area contributed by atoms with Crippen molar-refractivity contribution in [3.8, 4) is 5.75 Å². The van der Waals surface area contributed by atoms with Crippen LogP contribution in [-0.4, -0.2) is 30.3 Å². The van der Waals surface area contributed by atoms with Crippen LogP contribution in [0.15, 0.2) is 22.7 Å². The van der Waals surface area contributed by atoms with Gasteiger partial charge in [0.15, 0.2) is 6.61 Å². The molecular formula is C15H22BrNO3. The van der Waals surface area contributed by atoms with Gasteiger partial charge >= 0.3 is 0 Å². The number of benzene rings is 1. The van der Waals surface area contributed by atoms with Crippen LogP contribution in [0.2, 0.25) is 0 Å². The predicted octanol–water partition coefficient (Wildman–Crippen LogP) is 2.66. The van der Waals surface area contributed by atoms with Crippen LogP contribution >= 0.6 is 15.9 Å². The largest absolute Gasteiger partial charge is 0.483 e. The van der Waals surface area contributed by atoms with Gasteiger partial charge in [-0.25, -0.2) is 0 Å². The molecule has 0 radical (unpaired) electrons. The zero-order chi connectivity index (χ0) is 15.1. The number of aryl methyl sites for hydroxylation is 1. The smallest absolute Gasteiger partial charge is 0.258 e. The van der Waals surface area contributed by atoms with Gasteiger partial charge in [-0.05, 0) is 52.9 Å². The van der Waals surface area contributed by atoms with E-state index in [9.17, 15) is 4.79 Å². The lowest BCUT2D eigenvalue weighted by Crippen LogP contribution is -2.41. The summed E-state index contributed by atoms with van der Waals surface area (Å²) in [5, 5.41) is 11.9. The molecule has 5 heteroatoms. The Balaban J connectivity index is 2.50. The highest BCUT2D eigenvalue weighted by atomic mass is 79.9. The molecule has 0 aromatic heterocycles. The molecule has 1 aromatic carbocycles. The molecule has 2 N–H and O–H groups in total. The summed E-state index contributed by atoms with van der Waals surface area (Å²) < 4.78 is 6.33. The number of aliphatic hydroxyl groups excluding tert-OH is 1. The SMILES string of the molecule is Cc1ccc(OCC(=O)NC(CCO)C(C)C)c(Br)c1. The second-order valence-electron chi connectivity index (χ2n) is 5.15. The van der Waals surface area contributed by atoms with Gasteiger partial charge < -0.3 is 15.2 Å². The second kappa shape index (κ2) is 8.27. The van der Waals surface area contributed by atoms with E-state index in [0.717, 1.165) is 10.0 Å². The molecule has 1 atom stereocenters. The third kappa shape index (κ3) is 5.51. The Labute approximate surface area is 128 Å². The molecule has 1 unspecified atom stereocenters. The van der Waals surface area contributed by atoms with Crippen LogP contribution < -0.4 is 10.1 Å². The standard InChI is InChI=1S/C15H22BrNO3/c1-10(2)13(6-7-18)17-15(19)9-20-14-5-4-11(3)8-12(14)16/h4-5,8,10,13,18H,6-7,9H2,1-3H3,(H,17,19). The summed E-state index contributed by atoms with van der Waals surface area (Å²) in [7, 11) is 0. The van der Waals surface area contributed by atoms with E-state index in [1.54, 1.807) is 0 Å². The van der Waals surface area contributed by atoms with Crippen LogP contribution in [0.3, 0.4) is 0 Å². The minimum Gasteiger partial charge on any atom is -0.483 e. The normalized spacial score (nSPS) is 12.3. The number of nitrogens with one attached hydrogen (secondary N) is 1. The van der Waals surface area contributed by atoms with Crippen molar-refractivity contribution in [2.75, 3.05) is 13.2 Å². The van der Waals surface area contributed by atoms with Crippen molar-refractivity contribution >= 4 is 21.8 Å². The summed E-state index contributed by atoms with van der Waals surface area (Å²) in [5.41, 5.74) is 1.12. The van der Waals surface area contributed by atoms with E-state index in [0.29, 0.717) is 12.2 Å². The minimum absolute atomic E-state index is 0.0300. The van der Waals surface area contributed by atoms with Gasteiger partial charge in [0.2, 0.25) is 0 Å². The summed E-state index contributed by atoms with van der Waals surface area (Å²) in [6.07, 6.45) is 0.553. The molecule has 0 heterocycles. The van der Waals surface area contributed by atoms with E-state index in [-0.39, 0.29) is 31.1 Å². The van der Waals surface area contributed by atoms with Gasteiger partial charge in [-0.3, -0.25) is 4.79 Å². The van der Waals surface area contributed by atoms with Crippen LogP contribution in [0.5, 0.6) is 5.75 Å². The fourth-order valence-corrected chi connectivity index (χ4v) is 2.43. The number of halogens is 1. The summed E-state index contributed by atoms with van der Waals surface area (Å²) in [6, 6.07) is 5.68. The number of carbonyl (C=O) groups excluding carboxylic acids is 1. The fraction of sp³-hybridized carbons (Fsp3) is 0.533. The first-order valence-corrected chi connectivity index (χ1v) is 7.52. The average molecular weight is 344 g/mol. The third-order valence-electron chi connectivity index (χ3n) is 3.04. The first kappa shape index (κ1) is 17.0. The Morgan fingerprint density at radius 2 is 2.15 bits per heavy atom. The Bertz CT molecular complexity index is 449. The number of ether oxygens (including phenoxy) is 1. The maximum atomic E-state index is 11.9. The van der Waals surface area contributed by atoms with Crippen molar-refractivity contribution in [2.24, 2.45) is 5.92 Å². The molecule has 1 rings (SSSR count). The van der Waals surface area contributed by atoms with Gasteiger partial charge in [-0.1, -0.05) is 19.9 Å². The number of hydrogen-bond donors (Lipinski definition) is 2. The van der Waals surface area contributed by atoms with E-state index in [1.807, 2.05) is 39.0 Å². The lowest BCUT2D eigenvalue weighted by molar-refractivity contribution is -0.124. The van der Waals surface area contributed by atoms with Crippen LogP contribution in [-0.2, 0) is 4.79 Å². The Morgan fingerprint density at radius 3 is 2.70 bits per heavy atom. The zero-order valence-corrected chi connectivity index (χ0v) is 13.7. The molecular weight excluding hydrogens is 322 g/mol. The van der Waals surface area contributed by atoms with Gasteiger partial charge in [0, 0.05) is 12.6 Å². The molecule has 0 spiro atoms. The van der Waals surface area contributed by atoms with Crippen LogP contribution in [0.1, 0.15) is 25.8 Å². The lowest BCUT2D eigenvalue weighted by atomic mass is 10.0. The highest BCUT2D eigenvalue weighted by Gasteiger charge is 2.16. The number of aliphatic hydroxyl groups is 1. The van der Waals surface area contributed by atoms with Gasteiger partial charge in [0.1, 0.15) is 5.75 Å². The summed E-state index contributed by atoms with van der Waals surface area (Å²) in [5.74, 6) is 0.746. The fourth-order valence-electron chi connectivity index (χ4n) is 1.83. The highest BCUT2D eigenvalue weighted by Crippen LogP contribution is 2.25. The van der Waals surface area contributed by atoms with Gasteiger partial charge in [-0.15, -0.1) is 0 Å². The van der Waals surface area contributed by atoms with E-state index in [2.05, 4.69) is 21.2 Å². The van der Waals surface area contributed by atoms with Crippen LogP contribution in [0.25, 0.3) is 0 Å². The van der Waals surface area contributed by atoms with E-state index in [1.165, 1.54) is 0 Å². The number of carbonyl (C=O) groups is 1. The van der Waals surface area contributed by atoms with Crippen molar-refractivity contribution in [1.82, 2.24) is 5.32 Å². The number of rotatable bonds is 7. The topological polar surface area (TPSA) is 58.6 Å². The van der Waals surface area contributed by atoms with Crippen molar-refractivity contribution in [2.45, 2.75) is 33.2 Å². The zero-order valence-electron chi connectivity index (χ0n) is 12.1. The molecule has 0 saturated heterocycles. The Kier molecular flexibility index (Phi) is 7.02. The molecule has 1 aromatic rings. The molecule has 0 saturated carbocycles. The molecule has 0 aliphatic carbocycles. The van der Waals surface area contributed by atoms with Gasteiger partial charge in [-0.2, -0.15) is 0 Å². The monoisotopic (exact) mass is 343 g/mol. The predicted molar refractivity (Wildman–Crippen MR) is 82.8 cm³/mol. The van der Waals surface area contributed by atoms with E-state index in [4.69, 9.17) is 9.84 Å². The minimum atomic E-state index is -0.176. The molecule has 0 aliphatic heterocycles. The van der Waals surface area contributed by atoms with Crippen molar-refractivity contribution < 1.29 is 14.6 Å². The molecule has 1 amide bonds. The summed E-state index contributed by atoms with van der Waals surface area (Å²) in [6.45, 7) is 6.04. The molecule has 0 bridgehead atoms. The van der Waals surface area contributed by atoms with E-state index >= 15 is 0 Å². The molecule has 112 valence electrons. The second-order valence-corrected chi connectivity index (χ2v) is 6.01. The molecule has 20 heavy (non-hydrogen) atoms. The van der Waals surface area contributed by atoms with Crippen molar-refractivity contribution in [3.63, 3.8) is 0 Å². The number of hydrogen-bond acceptors (Lipinski definition) is 3. The molecule has 4 nitrogen and oxygen atoms in total. The quantitative estimate of drug-likeness (QED) is 0.800. The summed E-state index contributed by atoms with van der Waals surface area (Å²) in [4.78, 5) is 11.9. The Morgan fingerprint density at radius 1 is 1.45 bits per heavy atom. The van der Waals surface area contributed by atoms with Crippen LogP contribution in [0, 0.1) is 12.8 Å².